The Morgan fingerprint density at radius 2 is 2.44 bits per heavy atom. The van der Waals surface area contributed by atoms with Crippen molar-refractivity contribution in [2.45, 2.75) is 12.2 Å². The van der Waals surface area contributed by atoms with Crippen molar-refractivity contribution in [2.24, 2.45) is 5.73 Å². The summed E-state index contributed by atoms with van der Waals surface area (Å²) in [5.74, 6) is 0.646. The molecule has 0 aliphatic rings. The number of anilines is 1. The van der Waals surface area contributed by atoms with Crippen LogP contribution in [0.5, 0.6) is 0 Å². The van der Waals surface area contributed by atoms with Crippen molar-refractivity contribution in [3.05, 3.63) is 23.9 Å². The van der Waals surface area contributed by atoms with E-state index >= 15 is 0 Å². The van der Waals surface area contributed by atoms with Crippen molar-refractivity contribution >= 4 is 33.8 Å². The first-order valence-corrected chi connectivity index (χ1v) is 6.86. The highest BCUT2D eigenvalue weighted by atomic mass is 32.2. The lowest BCUT2D eigenvalue weighted by atomic mass is 10.2. The average Bonchev–Trinajstić information content (AvgIpc) is 2.25. The lowest BCUT2D eigenvalue weighted by Crippen LogP contribution is -2.23. The molecular weight excluding hydrogens is 242 g/mol. The minimum atomic E-state index is -0.856. The molecule has 1 heterocycles. The summed E-state index contributed by atoms with van der Waals surface area (Å²) in [6.07, 6.45) is 3.34. The van der Waals surface area contributed by atoms with Crippen LogP contribution in [-0.2, 0) is 10.8 Å². The molecule has 1 rings (SSSR count). The minimum Gasteiger partial charge on any atom is -0.389 e. The van der Waals surface area contributed by atoms with Crippen LogP contribution in [0.1, 0.15) is 12.5 Å². The third-order valence-electron chi connectivity index (χ3n) is 2.20. The standard InChI is InChI=1S/C10H15N3OS2/c1-7(16(2)14)6-13-10-8(9(11)15)4-3-5-12-10/h3-5,7H,6H2,1-2H3,(H2,11,15)(H,12,13). The van der Waals surface area contributed by atoms with Gasteiger partial charge in [0.05, 0.1) is 5.56 Å². The van der Waals surface area contributed by atoms with Crippen molar-refractivity contribution in [2.75, 3.05) is 18.1 Å². The summed E-state index contributed by atoms with van der Waals surface area (Å²) in [6, 6.07) is 3.59. The second-order valence-electron chi connectivity index (χ2n) is 3.45. The number of aromatic nitrogens is 1. The zero-order valence-corrected chi connectivity index (χ0v) is 10.9. The van der Waals surface area contributed by atoms with E-state index in [9.17, 15) is 4.21 Å². The molecule has 0 amide bonds. The van der Waals surface area contributed by atoms with Crippen LogP contribution in [0.4, 0.5) is 5.82 Å². The van der Waals surface area contributed by atoms with Gasteiger partial charge < -0.3 is 11.1 Å². The first-order valence-electron chi connectivity index (χ1n) is 4.83. The molecule has 0 bridgehead atoms. The molecule has 0 aliphatic heterocycles. The number of nitrogens with one attached hydrogen (secondary N) is 1. The third kappa shape index (κ3) is 3.53. The molecule has 0 aromatic carbocycles. The number of pyridine rings is 1. The maximum absolute atomic E-state index is 11.2. The van der Waals surface area contributed by atoms with E-state index in [4.69, 9.17) is 18.0 Å². The Balaban J connectivity index is 2.74. The Morgan fingerprint density at radius 1 is 1.75 bits per heavy atom. The summed E-state index contributed by atoms with van der Waals surface area (Å²) in [6.45, 7) is 2.49. The highest BCUT2D eigenvalue weighted by molar-refractivity contribution is 7.84. The predicted octanol–water partition coefficient (Wildman–Crippen LogP) is 0.895. The lowest BCUT2D eigenvalue weighted by Gasteiger charge is -2.12. The molecule has 1 aromatic heterocycles. The molecule has 4 nitrogen and oxygen atoms in total. The molecule has 0 saturated carbocycles. The quantitative estimate of drug-likeness (QED) is 0.767. The van der Waals surface area contributed by atoms with E-state index < -0.39 is 10.8 Å². The van der Waals surface area contributed by atoms with Gasteiger partial charge in [0.2, 0.25) is 0 Å². The summed E-state index contributed by atoms with van der Waals surface area (Å²) in [5.41, 5.74) is 6.29. The van der Waals surface area contributed by atoms with Gasteiger partial charge >= 0.3 is 0 Å². The molecule has 2 unspecified atom stereocenters. The van der Waals surface area contributed by atoms with Gasteiger partial charge in [0.15, 0.2) is 0 Å². The number of nitrogens with zero attached hydrogens (tertiary/aromatic N) is 1. The Morgan fingerprint density at radius 3 is 3.00 bits per heavy atom. The van der Waals surface area contributed by atoms with Crippen LogP contribution in [0.25, 0.3) is 0 Å². The van der Waals surface area contributed by atoms with Gasteiger partial charge in [-0.3, -0.25) is 4.21 Å². The summed E-state index contributed by atoms with van der Waals surface area (Å²) in [5, 5.41) is 3.16. The molecule has 0 radical (unpaired) electrons. The van der Waals surface area contributed by atoms with Crippen LogP contribution < -0.4 is 11.1 Å². The molecule has 88 valence electrons. The van der Waals surface area contributed by atoms with E-state index in [1.54, 1.807) is 18.5 Å². The topological polar surface area (TPSA) is 68.0 Å². The number of rotatable bonds is 5. The van der Waals surface area contributed by atoms with Crippen molar-refractivity contribution in [3.63, 3.8) is 0 Å². The Bertz CT molecular complexity index is 409. The number of hydrogen-bond donors (Lipinski definition) is 2. The van der Waals surface area contributed by atoms with Gasteiger partial charge in [-0.25, -0.2) is 4.98 Å². The minimum absolute atomic E-state index is 0.0567. The fourth-order valence-electron chi connectivity index (χ4n) is 1.10. The Labute approximate surface area is 103 Å². The number of nitrogens with two attached hydrogens (primary N) is 1. The molecular formula is C10H15N3OS2. The van der Waals surface area contributed by atoms with Crippen LogP contribution in [0.3, 0.4) is 0 Å². The van der Waals surface area contributed by atoms with Crippen LogP contribution in [0.2, 0.25) is 0 Å². The number of thiocarbonyl (C=S) groups is 1. The van der Waals surface area contributed by atoms with Crippen LogP contribution in [0.15, 0.2) is 18.3 Å². The van der Waals surface area contributed by atoms with E-state index in [0.29, 0.717) is 22.9 Å². The Kier molecular flexibility index (Phi) is 4.82. The summed E-state index contributed by atoms with van der Waals surface area (Å²) < 4.78 is 11.2. The van der Waals surface area contributed by atoms with Gasteiger partial charge in [-0.1, -0.05) is 12.2 Å². The maximum atomic E-state index is 11.2. The molecule has 3 N–H and O–H groups in total. The predicted molar refractivity (Wildman–Crippen MR) is 72.1 cm³/mol. The Hall–Kier alpha value is -1.01. The summed E-state index contributed by atoms with van der Waals surface area (Å²) >= 11 is 4.92. The molecule has 0 spiro atoms. The van der Waals surface area contributed by atoms with Gasteiger partial charge in [-0.2, -0.15) is 0 Å². The van der Waals surface area contributed by atoms with Crippen LogP contribution in [-0.4, -0.2) is 32.2 Å². The average molecular weight is 257 g/mol. The van der Waals surface area contributed by atoms with Crippen LogP contribution >= 0.6 is 12.2 Å². The van der Waals surface area contributed by atoms with Gasteiger partial charge in [-0.15, -0.1) is 0 Å². The van der Waals surface area contributed by atoms with Crippen molar-refractivity contribution in [3.8, 4) is 0 Å². The highest BCUT2D eigenvalue weighted by Gasteiger charge is 2.09. The summed E-state index contributed by atoms with van der Waals surface area (Å²) in [7, 11) is -0.856. The highest BCUT2D eigenvalue weighted by Crippen LogP contribution is 2.11. The molecule has 0 aliphatic carbocycles. The second kappa shape index (κ2) is 5.91. The normalized spacial score (nSPS) is 14.1. The van der Waals surface area contributed by atoms with Gasteiger partial charge in [0.1, 0.15) is 10.8 Å². The third-order valence-corrected chi connectivity index (χ3v) is 3.72. The molecule has 1 aromatic rings. The van der Waals surface area contributed by atoms with Gasteiger partial charge in [0, 0.05) is 35.0 Å². The zero-order valence-electron chi connectivity index (χ0n) is 9.27. The smallest absolute Gasteiger partial charge is 0.136 e. The van der Waals surface area contributed by atoms with E-state index in [-0.39, 0.29) is 5.25 Å². The van der Waals surface area contributed by atoms with Crippen molar-refractivity contribution < 1.29 is 4.21 Å². The first kappa shape index (κ1) is 13.1. The molecule has 2 atom stereocenters. The van der Waals surface area contributed by atoms with E-state index in [1.807, 2.05) is 13.0 Å². The maximum Gasteiger partial charge on any atom is 0.136 e. The van der Waals surface area contributed by atoms with Gasteiger partial charge in [-0.05, 0) is 19.1 Å². The SMILES string of the molecule is CC(CNc1ncccc1C(N)=S)S(C)=O. The van der Waals surface area contributed by atoms with Gasteiger partial charge in [0.25, 0.3) is 0 Å². The first-order chi connectivity index (χ1) is 7.52. The molecule has 16 heavy (non-hydrogen) atoms. The number of hydrogen-bond acceptors (Lipinski definition) is 4. The van der Waals surface area contributed by atoms with Crippen molar-refractivity contribution in [1.82, 2.24) is 4.98 Å². The fourth-order valence-corrected chi connectivity index (χ4v) is 1.59. The van der Waals surface area contributed by atoms with E-state index in [2.05, 4.69) is 10.3 Å². The van der Waals surface area contributed by atoms with E-state index in [0.717, 1.165) is 0 Å². The zero-order chi connectivity index (χ0) is 12.1. The molecule has 0 fully saturated rings. The molecule has 6 heteroatoms. The molecule has 0 saturated heterocycles. The lowest BCUT2D eigenvalue weighted by molar-refractivity contribution is 0.679. The summed E-state index contributed by atoms with van der Waals surface area (Å²) in [4.78, 5) is 4.46. The van der Waals surface area contributed by atoms with Crippen LogP contribution in [0, 0.1) is 0 Å². The fraction of sp³-hybridized carbons (Fsp3) is 0.400. The van der Waals surface area contributed by atoms with Crippen molar-refractivity contribution in [1.29, 1.82) is 0 Å². The monoisotopic (exact) mass is 257 g/mol. The largest absolute Gasteiger partial charge is 0.389 e. The second-order valence-corrected chi connectivity index (χ2v) is 5.70. The van der Waals surface area contributed by atoms with E-state index in [1.165, 1.54) is 0 Å².